The Kier molecular flexibility index (Phi) is 4.25. The molecule has 1 amide bonds. The van der Waals surface area contributed by atoms with Gasteiger partial charge in [-0.25, -0.2) is 4.98 Å². The Morgan fingerprint density at radius 2 is 2.05 bits per heavy atom. The van der Waals surface area contributed by atoms with Gasteiger partial charge in [-0.3, -0.25) is 9.59 Å². The molecule has 1 aromatic carbocycles. The molecule has 1 atom stereocenters. The number of benzene rings is 1. The number of carbonyl (C=O) groups excluding carboxylic acids is 1. The highest BCUT2D eigenvalue weighted by Crippen LogP contribution is 2.17. The second-order valence-corrected chi connectivity index (χ2v) is 4.63. The summed E-state index contributed by atoms with van der Waals surface area (Å²) in [4.78, 5) is 26.7. The van der Waals surface area contributed by atoms with Crippen molar-refractivity contribution in [2.75, 3.05) is 0 Å². The average Bonchev–Trinajstić information content (AvgIpc) is 2.92. The Labute approximate surface area is 113 Å². The molecule has 0 fully saturated rings. The number of carboxylic acid groups (broad SMARTS) is 1. The van der Waals surface area contributed by atoms with Crippen molar-refractivity contribution in [3.05, 3.63) is 52.5 Å². The number of hydrogen-bond acceptors (Lipinski definition) is 4. The summed E-state index contributed by atoms with van der Waals surface area (Å²) < 4.78 is 0. The molecule has 0 bridgehead atoms. The van der Waals surface area contributed by atoms with Gasteiger partial charge in [0.05, 0.1) is 18.0 Å². The molecule has 0 aliphatic heterocycles. The third kappa shape index (κ3) is 3.62. The van der Waals surface area contributed by atoms with E-state index in [1.54, 1.807) is 35.2 Å². The van der Waals surface area contributed by atoms with E-state index in [4.69, 9.17) is 5.11 Å². The normalized spacial score (nSPS) is 11.8. The van der Waals surface area contributed by atoms with Crippen molar-refractivity contribution in [2.24, 2.45) is 0 Å². The third-order valence-corrected chi connectivity index (χ3v) is 3.14. The van der Waals surface area contributed by atoms with E-state index in [-0.39, 0.29) is 12.3 Å². The van der Waals surface area contributed by atoms with Gasteiger partial charge >= 0.3 is 5.97 Å². The van der Waals surface area contributed by atoms with Crippen LogP contribution in [0.15, 0.2) is 41.2 Å². The summed E-state index contributed by atoms with van der Waals surface area (Å²) in [6, 6.07) is 8.46. The Balaban J connectivity index is 2.15. The van der Waals surface area contributed by atoms with Crippen LogP contribution in [-0.2, 0) is 4.79 Å². The Hall–Kier alpha value is -2.21. The van der Waals surface area contributed by atoms with Gasteiger partial charge in [0.25, 0.3) is 5.91 Å². The predicted molar refractivity (Wildman–Crippen MR) is 71.0 cm³/mol. The van der Waals surface area contributed by atoms with Gasteiger partial charge in [-0.05, 0) is 5.56 Å². The number of carbonyl (C=O) groups is 2. The topological polar surface area (TPSA) is 79.3 Å². The van der Waals surface area contributed by atoms with Gasteiger partial charge in [-0.1, -0.05) is 30.3 Å². The molecule has 0 saturated heterocycles. The largest absolute Gasteiger partial charge is 0.481 e. The van der Waals surface area contributed by atoms with Crippen molar-refractivity contribution in [1.82, 2.24) is 10.3 Å². The first-order chi connectivity index (χ1) is 9.16. The third-order valence-electron chi connectivity index (χ3n) is 2.55. The van der Waals surface area contributed by atoms with Crippen molar-refractivity contribution in [3.8, 4) is 0 Å². The second kappa shape index (κ2) is 6.10. The van der Waals surface area contributed by atoms with E-state index in [1.165, 1.54) is 11.3 Å². The summed E-state index contributed by atoms with van der Waals surface area (Å²) in [7, 11) is 0. The first-order valence-corrected chi connectivity index (χ1v) is 6.57. The maximum atomic E-state index is 11.9. The van der Waals surface area contributed by atoms with E-state index in [0.29, 0.717) is 5.69 Å². The van der Waals surface area contributed by atoms with Gasteiger partial charge in [0, 0.05) is 5.38 Å². The smallest absolute Gasteiger partial charge is 0.305 e. The molecule has 0 saturated carbocycles. The summed E-state index contributed by atoms with van der Waals surface area (Å²) in [5.41, 5.74) is 2.62. The lowest BCUT2D eigenvalue weighted by molar-refractivity contribution is -0.137. The zero-order valence-electron chi connectivity index (χ0n) is 9.95. The van der Waals surface area contributed by atoms with Crippen LogP contribution >= 0.6 is 11.3 Å². The minimum Gasteiger partial charge on any atom is -0.481 e. The van der Waals surface area contributed by atoms with Gasteiger partial charge < -0.3 is 10.4 Å². The monoisotopic (exact) mass is 276 g/mol. The van der Waals surface area contributed by atoms with Gasteiger partial charge in [0.1, 0.15) is 5.69 Å². The van der Waals surface area contributed by atoms with Crippen LogP contribution in [0.1, 0.15) is 28.5 Å². The van der Waals surface area contributed by atoms with Crippen LogP contribution in [0.4, 0.5) is 0 Å². The summed E-state index contributed by atoms with van der Waals surface area (Å²) in [6.45, 7) is 0. The number of amides is 1. The van der Waals surface area contributed by atoms with Crippen LogP contribution in [0.2, 0.25) is 0 Å². The second-order valence-electron chi connectivity index (χ2n) is 3.91. The lowest BCUT2D eigenvalue weighted by Gasteiger charge is -2.16. The minimum absolute atomic E-state index is 0.167. The maximum Gasteiger partial charge on any atom is 0.305 e. The van der Waals surface area contributed by atoms with E-state index < -0.39 is 12.0 Å². The number of aliphatic carboxylic acids is 1. The molecule has 1 aromatic heterocycles. The fourth-order valence-corrected chi connectivity index (χ4v) is 2.20. The molecule has 6 heteroatoms. The summed E-state index contributed by atoms with van der Waals surface area (Å²) in [5.74, 6) is -1.33. The maximum absolute atomic E-state index is 11.9. The summed E-state index contributed by atoms with van der Waals surface area (Å²) in [5, 5.41) is 13.2. The number of nitrogens with one attached hydrogen (secondary N) is 1. The molecule has 1 unspecified atom stereocenters. The molecular weight excluding hydrogens is 264 g/mol. The summed E-state index contributed by atoms with van der Waals surface area (Å²) >= 11 is 1.32. The number of nitrogens with zero attached hydrogens (tertiary/aromatic N) is 1. The van der Waals surface area contributed by atoms with E-state index in [1.807, 2.05) is 6.07 Å². The van der Waals surface area contributed by atoms with Crippen molar-refractivity contribution in [2.45, 2.75) is 12.5 Å². The fraction of sp³-hybridized carbons (Fsp3) is 0.154. The number of rotatable bonds is 5. The van der Waals surface area contributed by atoms with Crippen LogP contribution in [0, 0.1) is 0 Å². The fourth-order valence-electron chi connectivity index (χ4n) is 1.67. The molecule has 19 heavy (non-hydrogen) atoms. The average molecular weight is 276 g/mol. The molecule has 0 aliphatic rings. The lowest BCUT2D eigenvalue weighted by atomic mass is 10.0. The molecule has 0 spiro atoms. The zero-order chi connectivity index (χ0) is 13.7. The van der Waals surface area contributed by atoms with Crippen molar-refractivity contribution >= 4 is 23.2 Å². The highest BCUT2D eigenvalue weighted by Gasteiger charge is 2.19. The standard InChI is InChI=1S/C13H12N2O3S/c16-12(17)6-10(9-4-2-1-3-5-9)15-13(18)11-7-19-8-14-11/h1-5,7-8,10H,6H2,(H,15,18)(H,16,17). The minimum atomic E-state index is -0.965. The van der Waals surface area contributed by atoms with Gasteiger partial charge in [0.15, 0.2) is 0 Å². The molecule has 2 N–H and O–H groups in total. The SMILES string of the molecule is O=C(O)CC(NC(=O)c1cscn1)c1ccccc1. The molecule has 2 aromatic rings. The van der Waals surface area contributed by atoms with E-state index in [0.717, 1.165) is 5.56 Å². The van der Waals surface area contributed by atoms with Crippen molar-refractivity contribution in [1.29, 1.82) is 0 Å². The molecular formula is C13H12N2O3S. The van der Waals surface area contributed by atoms with Crippen LogP contribution in [0.5, 0.6) is 0 Å². The van der Waals surface area contributed by atoms with Crippen LogP contribution in [0.25, 0.3) is 0 Å². The Morgan fingerprint density at radius 1 is 1.32 bits per heavy atom. The summed E-state index contributed by atoms with van der Waals surface area (Å²) in [6.07, 6.45) is -0.167. The number of carboxylic acids is 1. The molecule has 2 rings (SSSR count). The molecule has 1 heterocycles. The molecule has 0 radical (unpaired) electrons. The highest BCUT2D eigenvalue weighted by atomic mass is 32.1. The Morgan fingerprint density at radius 3 is 2.63 bits per heavy atom. The number of thiazole rings is 1. The van der Waals surface area contributed by atoms with E-state index in [9.17, 15) is 9.59 Å². The first kappa shape index (κ1) is 13.2. The van der Waals surface area contributed by atoms with E-state index in [2.05, 4.69) is 10.3 Å². The first-order valence-electron chi connectivity index (χ1n) is 5.62. The molecule has 98 valence electrons. The van der Waals surface area contributed by atoms with Gasteiger partial charge in [0.2, 0.25) is 0 Å². The number of aromatic nitrogens is 1. The van der Waals surface area contributed by atoms with Crippen LogP contribution < -0.4 is 5.32 Å². The number of hydrogen-bond donors (Lipinski definition) is 2. The molecule has 5 nitrogen and oxygen atoms in total. The van der Waals surface area contributed by atoms with Gasteiger partial charge in [-0.15, -0.1) is 11.3 Å². The lowest BCUT2D eigenvalue weighted by Crippen LogP contribution is -2.30. The van der Waals surface area contributed by atoms with E-state index >= 15 is 0 Å². The quantitative estimate of drug-likeness (QED) is 0.876. The van der Waals surface area contributed by atoms with Crippen molar-refractivity contribution in [3.63, 3.8) is 0 Å². The van der Waals surface area contributed by atoms with Crippen molar-refractivity contribution < 1.29 is 14.7 Å². The van der Waals surface area contributed by atoms with Crippen LogP contribution in [-0.4, -0.2) is 22.0 Å². The molecule has 0 aliphatic carbocycles. The Bertz CT molecular complexity index is 555. The highest BCUT2D eigenvalue weighted by molar-refractivity contribution is 7.07. The van der Waals surface area contributed by atoms with Crippen LogP contribution in [0.3, 0.4) is 0 Å². The van der Waals surface area contributed by atoms with Gasteiger partial charge in [-0.2, -0.15) is 0 Å². The zero-order valence-corrected chi connectivity index (χ0v) is 10.8. The predicted octanol–water partition coefficient (Wildman–Crippen LogP) is 2.09.